The Hall–Kier alpha value is -3.08. The largest absolute Gasteiger partial charge is 0.493 e. The SMILES string of the molecule is COc1ccc(NC(=O)CSc2nnc3[nH]c(=O)c(C(C)(C)C)nn23)cc1OC. The highest BCUT2D eigenvalue weighted by atomic mass is 32.2. The first-order chi connectivity index (χ1) is 13.7. The molecule has 0 spiro atoms. The Labute approximate surface area is 171 Å². The van der Waals surface area contributed by atoms with E-state index in [2.05, 4.69) is 25.6 Å². The average molecular weight is 418 g/mol. The Morgan fingerprint density at radius 3 is 2.59 bits per heavy atom. The van der Waals surface area contributed by atoms with Crippen molar-refractivity contribution in [3.63, 3.8) is 0 Å². The van der Waals surface area contributed by atoms with Gasteiger partial charge in [0.1, 0.15) is 5.69 Å². The maximum atomic E-state index is 12.3. The van der Waals surface area contributed by atoms with E-state index in [0.717, 1.165) is 11.8 Å². The number of hydrogen-bond donors (Lipinski definition) is 2. The molecule has 0 unspecified atom stereocenters. The number of H-pyrrole nitrogens is 1. The van der Waals surface area contributed by atoms with E-state index in [1.807, 2.05) is 20.8 Å². The molecule has 3 aromatic rings. The van der Waals surface area contributed by atoms with Crippen LogP contribution >= 0.6 is 11.8 Å². The lowest BCUT2D eigenvalue weighted by atomic mass is 9.93. The van der Waals surface area contributed by atoms with Gasteiger partial charge in [0.05, 0.1) is 20.0 Å². The van der Waals surface area contributed by atoms with Gasteiger partial charge in [0, 0.05) is 17.2 Å². The molecule has 2 heterocycles. The van der Waals surface area contributed by atoms with Crippen molar-refractivity contribution in [2.75, 3.05) is 25.3 Å². The smallest absolute Gasteiger partial charge is 0.274 e. The predicted octanol–water partition coefficient (Wildman–Crippen LogP) is 1.86. The average Bonchev–Trinajstić information content (AvgIpc) is 3.06. The van der Waals surface area contributed by atoms with Crippen LogP contribution in [0.3, 0.4) is 0 Å². The topological polar surface area (TPSA) is 124 Å². The summed E-state index contributed by atoms with van der Waals surface area (Å²) in [7, 11) is 3.07. The van der Waals surface area contributed by atoms with Crippen LogP contribution < -0.4 is 20.3 Å². The lowest BCUT2D eigenvalue weighted by Crippen LogP contribution is -2.28. The summed E-state index contributed by atoms with van der Waals surface area (Å²) in [5.41, 5.74) is 0.192. The van der Waals surface area contributed by atoms with E-state index in [9.17, 15) is 9.59 Å². The number of aromatic amines is 1. The molecule has 29 heavy (non-hydrogen) atoms. The van der Waals surface area contributed by atoms with Crippen LogP contribution in [0.15, 0.2) is 28.2 Å². The van der Waals surface area contributed by atoms with Gasteiger partial charge in [-0.15, -0.1) is 10.2 Å². The summed E-state index contributed by atoms with van der Waals surface area (Å²) in [6, 6.07) is 5.11. The Morgan fingerprint density at radius 1 is 1.21 bits per heavy atom. The minimum absolute atomic E-state index is 0.0841. The number of rotatable bonds is 6. The second-order valence-corrected chi connectivity index (χ2v) is 8.12. The van der Waals surface area contributed by atoms with Crippen molar-refractivity contribution < 1.29 is 14.3 Å². The Morgan fingerprint density at radius 2 is 1.93 bits per heavy atom. The van der Waals surface area contributed by atoms with E-state index >= 15 is 0 Å². The normalized spacial score (nSPS) is 11.5. The molecular formula is C18H22N6O4S. The number of ether oxygens (including phenoxy) is 2. The Kier molecular flexibility index (Phi) is 5.78. The number of fused-ring (bicyclic) bond motifs is 1. The summed E-state index contributed by atoms with van der Waals surface area (Å²) in [5, 5.41) is 15.5. The first-order valence-corrected chi connectivity index (χ1v) is 9.72. The molecule has 0 saturated carbocycles. The number of aromatic nitrogens is 5. The Balaban J connectivity index is 1.74. The molecule has 154 valence electrons. The highest BCUT2D eigenvalue weighted by Gasteiger charge is 2.22. The van der Waals surface area contributed by atoms with Crippen LogP contribution in [-0.2, 0) is 10.2 Å². The van der Waals surface area contributed by atoms with Crippen LogP contribution in [0.4, 0.5) is 5.69 Å². The van der Waals surface area contributed by atoms with E-state index in [0.29, 0.717) is 28.0 Å². The minimum atomic E-state index is -0.446. The van der Waals surface area contributed by atoms with Crippen molar-refractivity contribution in [1.29, 1.82) is 0 Å². The maximum Gasteiger partial charge on any atom is 0.274 e. The lowest BCUT2D eigenvalue weighted by molar-refractivity contribution is -0.113. The Bertz CT molecular complexity index is 1100. The second-order valence-electron chi connectivity index (χ2n) is 7.18. The fraction of sp³-hybridized carbons (Fsp3) is 0.389. The van der Waals surface area contributed by atoms with E-state index < -0.39 is 5.41 Å². The zero-order valence-electron chi connectivity index (χ0n) is 16.8. The zero-order valence-corrected chi connectivity index (χ0v) is 17.6. The first-order valence-electron chi connectivity index (χ1n) is 8.74. The number of carbonyl (C=O) groups excluding carboxylic acids is 1. The van der Waals surface area contributed by atoms with Gasteiger partial charge in [-0.25, -0.2) is 0 Å². The van der Waals surface area contributed by atoms with Crippen molar-refractivity contribution in [3.05, 3.63) is 34.2 Å². The van der Waals surface area contributed by atoms with Gasteiger partial charge in [-0.1, -0.05) is 32.5 Å². The molecule has 0 bridgehead atoms. The number of methoxy groups -OCH3 is 2. The van der Waals surface area contributed by atoms with Crippen molar-refractivity contribution in [2.24, 2.45) is 0 Å². The molecule has 11 heteroatoms. The van der Waals surface area contributed by atoms with Gasteiger partial charge < -0.3 is 14.8 Å². The fourth-order valence-corrected chi connectivity index (χ4v) is 3.24. The summed E-state index contributed by atoms with van der Waals surface area (Å²) < 4.78 is 11.9. The first kappa shape index (κ1) is 20.6. The second kappa shape index (κ2) is 8.11. The standard InChI is InChI=1S/C18H22N6O4S/c1-18(2,3)14-15(26)20-16-21-22-17(24(16)23-14)29-9-13(25)19-10-6-7-11(27-4)12(8-10)28-5/h6-8H,9H2,1-5H3,(H,19,25)(H,20,21,26). The molecule has 2 N–H and O–H groups in total. The number of nitrogens with zero attached hydrogens (tertiary/aromatic N) is 4. The van der Waals surface area contributed by atoms with Gasteiger partial charge >= 0.3 is 0 Å². The minimum Gasteiger partial charge on any atom is -0.493 e. The van der Waals surface area contributed by atoms with Crippen LogP contribution in [0.5, 0.6) is 11.5 Å². The van der Waals surface area contributed by atoms with E-state index in [4.69, 9.17) is 9.47 Å². The number of anilines is 1. The summed E-state index contributed by atoms with van der Waals surface area (Å²) in [4.78, 5) is 27.2. The summed E-state index contributed by atoms with van der Waals surface area (Å²) in [6.07, 6.45) is 0. The van der Waals surface area contributed by atoms with Crippen LogP contribution in [0.2, 0.25) is 0 Å². The van der Waals surface area contributed by atoms with Gasteiger partial charge in [-0.2, -0.15) is 9.61 Å². The van der Waals surface area contributed by atoms with Crippen LogP contribution in [0.1, 0.15) is 26.5 Å². The number of carbonyl (C=O) groups is 1. The number of amides is 1. The fourth-order valence-electron chi connectivity index (χ4n) is 2.56. The molecule has 0 atom stereocenters. The van der Waals surface area contributed by atoms with Crippen LogP contribution in [0, 0.1) is 0 Å². The zero-order chi connectivity index (χ0) is 21.2. The van der Waals surface area contributed by atoms with Crippen LogP contribution in [-0.4, -0.2) is 50.7 Å². The summed E-state index contributed by atoms with van der Waals surface area (Å²) >= 11 is 1.16. The molecule has 0 fully saturated rings. The van der Waals surface area contributed by atoms with Gasteiger partial charge in [-0.3, -0.25) is 14.6 Å². The molecule has 0 saturated heterocycles. The summed E-state index contributed by atoms with van der Waals surface area (Å²) in [5.74, 6) is 1.17. The van der Waals surface area contributed by atoms with Gasteiger partial charge in [0.15, 0.2) is 11.5 Å². The van der Waals surface area contributed by atoms with Gasteiger partial charge in [-0.05, 0) is 12.1 Å². The molecule has 10 nitrogen and oxygen atoms in total. The van der Waals surface area contributed by atoms with Gasteiger partial charge in [0.25, 0.3) is 11.3 Å². The quantitative estimate of drug-likeness (QED) is 0.582. The number of thioether (sulfide) groups is 1. The van der Waals surface area contributed by atoms with Crippen molar-refractivity contribution >= 4 is 29.1 Å². The van der Waals surface area contributed by atoms with Crippen molar-refractivity contribution in [3.8, 4) is 11.5 Å². The molecule has 1 amide bonds. The van der Waals surface area contributed by atoms with E-state index in [-0.39, 0.29) is 23.0 Å². The number of benzene rings is 1. The molecule has 0 aliphatic heterocycles. The maximum absolute atomic E-state index is 12.3. The summed E-state index contributed by atoms with van der Waals surface area (Å²) in [6.45, 7) is 5.68. The third-order valence-electron chi connectivity index (χ3n) is 3.96. The predicted molar refractivity (Wildman–Crippen MR) is 109 cm³/mol. The number of nitrogens with one attached hydrogen (secondary N) is 2. The molecule has 1 aromatic carbocycles. The van der Waals surface area contributed by atoms with E-state index in [1.54, 1.807) is 25.3 Å². The highest BCUT2D eigenvalue weighted by Crippen LogP contribution is 2.29. The lowest BCUT2D eigenvalue weighted by Gasteiger charge is -2.15. The third-order valence-corrected chi connectivity index (χ3v) is 4.88. The molecule has 0 aliphatic carbocycles. The monoisotopic (exact) mass is 418 g/mol. The van der Waals surface area contributed by atoms with Crippen LogP contribution in [0.25, 0.3) is 5.78 Å². The molecule has 2 aromatic heterocycles. The van der Waals surface area contributed by atoms with E-state index in [1.165, 1.54) is 11.6 Å². The van der Waals surface area contributed by atoms with Crippen molar-refractivity contribution in [1.82, 2.24) is 24.8 Å². The molecular weight excluding hydrogens is 396 g/mol. The third kappa shape index (κ3) is 4.50. The molecule has 0 aliphatic rings. The highest BCUT2D eigenvalue weighted by molar-refractivity contribution is 7.99. The molecule has 3 rings (SSSR count). The number of hydrogen-bond acceptors (Lipinski definition) is 8. The van der Waals surface area contributed by atoms with Gasteiger partial charge in [0.2, 0.25) is 11.1 Å². The van der Waals surface area contributed by atoms with Crippen molar-refractivity contribution in [2.45, 2.75) is 31.3 Å². The molecule has 0 radical (unpaired) electrons.